The van der Waals surface area contributed by atoms with Crippen molar-refractivity contribution in [2.24, 2.45) is 0 Å². The van der Waals surface area contributed by atoms with Crippen molar-refractivity contribution in [3.8, 4) is 0 Å². The van der Waals surface area contributed by atoms with Gasteiger partial charge in [-0.2, -0.15) is 4.72 Å². The summed E-state index contributed by atoms with van der Waals surface area (Å²) in [6.45, 7) is 9.23. The molecule has 0 radical (unpaired) electrons. The number of benzene rings is 3. The highest BCUT2D eigenvalue weighted by molar-refractivity contribution is 7.89. The van der Waals surface area contributed by atoms with Crippen molar-refractivity contribution in [1.29, 1.82) is 0 Å². The number of hydrogen-bond acceptors (Lipinski definition) is 6. The number of hydrogen-bond donors (Lipinski definition) is 5. The summed E-state index contributed by atoms with van der Waals surface area (Å²) < 4.78 is 29.2. The first kappa shape index (κ1) is 32.1. The van der Waals surface area contributed by atoms with Crippen LogP contribution in [0.25, 0.3) is 17.0 Å². The standard InChI is InChI=1S/C32H35N5O6S/c1-18-19(2)21(4)29(22(5)20(18)3)44(42,43)37-27(31(39)40)17-28-35-26-14-13-23(16-25(26)30(38)36-28)10-9-15-33-32(41)34-24-11-7-6-8-12-24/h6-14,16,27,37H,15,17H2,1-5H3,(H,39,40)(H2,33,34,41)(H,35,36,38)/b10-9+/t27-/m0/s1. The maximum absolute atomic E-state index is 13.4. The van der Waals surface area contributed by atoms with Gasteiger partial charge in [0.25, 0.3) is 5.56 Å². The zero-order valence-corrected chi connectivity index (χ0v) is 25.9. The molecule has 1 atom stereocenters. The molecule has 230 valence electrons. The molecule has 12 heteroatoms. The van der Waals surface area contributed by atoms with Gasteiger partial charge in [-0.05, 0) is 92.3 Å². The van der Waals surface area contributed by atoms with Crippen LogP contribution in [0.4, 0.5) is 10.5 Å². The normalized spacial score (nSPS) is 12.4. The lowest BCUT2D eigenvalue weighted by atomic mass is 9.95. The van der Waals surface area contributed by atoms with Gasteiger partial charge in [-0.1, -0.05) is 36.4 Å². The molecule has 3 aromatic carbocycles. The van der Waals surface area contributed by atoms with Crippen LogP contribution in [0.2, 0.25) is 0 Å². The molecule has 1 heterocycles. The van der Waals surface area contributed by atoms with Crippen LogP contribution in [-0.2, 0) is 21.2 Å². The van der Waals surface area contributed by atoms with Crippen LogP contribution in [0.15, 0.2) is 64.3 Å². The van der Waals surface area contributed by atoms with E-state index in [1.165, 1.54) is 0 Å². The van der Waals surface area contributed by atoms with Crippen LogP contribution >= 0.6 is 0 Å². The Balaban J connectivity index is 1.48. The van der Waals surface area contributed by atoms with Crippen molar-refractivity contribution in [2.75, 3.05) is 11.9 Å². The van der Waals surface area contributed by atoms with E-state index >= 15 is 0 Å². The average molecular weight is 618 g/mol. The number of rotatable bonds is 10. The molecule has 0 unspecified atom stereocenters. The van der Waals surface area contributed by atoms with E-state index in [2.05, 4.69) is 25.3 Å². The Kier molecular flexibility index (Phi) is 9.65. The summed E-state index contributed by atoms with van der Waals surface area (Å²) in [6, 6.07) is 12.1. The predicted octanol–water partition coefficient (Wildman–Crippen LogP) is 4.27. The van der Waals surface area contributed by atoms with Crippen molar-refractivity contribution in [3.63, 3.8) is 0 Å². The van der Waals surface area contributed by atoms with Crippen LogP contribution in [0.3, 0.4) is 0 Å². The topological polar surface area (TPSA) is 170 Å². The smallest absolute Gasteiger partial charge is 0.322 e. The summed E-state index contributed by atoms with van der Waals surface area (Å²) in [7, 11) is -4.23. The van der Waals surface area contributed by atoms with Crippen molar-refractivity contribution >= 4 is 44.7 Å². The molecule has 4 aromatic rings. The minimum atomic E-state index is -4.23. The van der Waals surface area contributed by atoms with E-state index in [-0.39, 0.29) is 35.1 Å². The van der Waals surface area contributed by atoms with Gasteiger partial charge >= 0.3 is 12.0 Å². The van der Waals surface area contributed by atoms with Crippen molar-refractivity contribution in [3.05, 3.63) is 104 Å². The Labute approximate surface area is 255 Å². The summed E-state index contributed by atoms with van der Waals surface area (Å²) in [5.41, 5.74) is 4.91. The fraction of sp³-hybridized carbons (Fsp3) is 0.250. The van der Waals surface area contributed by atoms with Gasteiger partial charge in [-0.15, -0.1) is 0 Å². The molecule has 4 rings (SSSR count). The minimum Gasteiger partial charge on any atom is -0.480 e. The summed E-state index contributed by atoms with van der Waals surface area (Å²) in [6.07, 6.45) is 3.09. The number of urea groups is 1. The van der Waals surface area contributed by atoms with Crippen LogP contribution < -0.4 is 20.9 Å². The van der Waals surface area contributed by atoms with Gasteiger partial charge in [0.05, 0.1) is 15.8 Å². The van der Waals surface area contributed by atoms with Gasteiger partial charge in [-0.3, -0.25) is 9.59 Å². The number of amides is 2. The number of para-hydroxylation sites is 1. The van der Waals surface area contributed by atoms with Crippen molar-refractivity contribution < 1.29 is 23.1 Å². The Morgan fingerprint density at radius 2 is 1.59 bits per heavy atom. The second kappa shape index (κ2) is 13.2. The van der Waals surface area contributed by atoms with Gasteiger partial charge in [0.2, 0.25) is 10.0 Å². The Morgan fingerprint density at radius 1 is 0.955 bits per heavy atom. The molecule has 2 amide bonds. The third kappa shape index (κ3) is 7.21. The van der Waals surface area contributed by atoms with Crippen LogP contribution in [-0.4, -0.2) is 48.1 Å². The molecule has 0 fully saturated rings. The molecular formula is C32H35N5O6S. The molecule has 0 spiro atoms. The molecule has 0 aliphatic rings. The lowest BCUT2D eigenvalue weighted by Gasteiger charge is -2.21. The van der Waals surface area contributed by atoms with E-state index in [9.17, 15) is 27.9 Å². The fourth-order valence-electron chi connectivity index (χ4n) is 4.94. The number of fused-ring (bicyclic) bond motifs is 1. The number of anilines is 1. The van der Waals surface area contributed by atoms with Gasteiger partial charge in [0.1, 0.15) is 11.9 Å². The minimum absolute atomic E-state index is 0.0271. The first-order valence-electron chi connectivity index (χ1n) is 13.9. The number of sulfonamides is 1. The summed E-state index contributed by atoms with van der Waals surface area (Å²) in [5, 5.41) is 15.6. The lowest BCUT2D eigenvalue weighted by molar-refractivity contribution is -0.139. The number of aliphatic carboxylic acids is 1. The third-order valence-electron chi connectivity index (χ3n) is 7.69. The molecule has 0 saturated heterocycles. The second-order valence-electron chi connectivity index (χ2n) is 10.6. The van der Waals surface area contributed by atoms with E-state index in [1.54, 1.807) is 56.3 Å². The number of nitrogens with one attached hydrogen (secondary N) is 4. The Hall–Kier alpha value is -4.81. The van der Waals surface area contributed by atoms with Crippen LogP contribution in [0.1, 0.15) is 39.2 Å². The third-order valence-corrected chi connectivity index (χ3v) is 9.44. The first-order valence-corrected chi connectivity index (χ1v) is 15.4. The van der Waals surface area contributed by atoms with Gasteiger partial charge < -0.3 is 20.7 Å². The first-order chi connectivity index (χ1) is 20.8. The molecule has 0 aliphatic carbocycles. The Bertz CT molecular complexity index is 1910. The van der Waals surface area contributed by atoms with Gasteiger partial charge in [-0.25, -0.2) is 18.2 Å². The number of carboxylic acid groups (broad SMARTS) is 1. The summed E-state index contributed by atoms with van der Waals surface area (Å²) in [4.78, 5) is 44.1. The van der Waals surface area contributed by atoms with Gasteiger partial charge in [0, 0.05) is 18.7 Å². The molecule has 0 bridgehead atoms. The highest BCUT2D eigenvalue weighted by atomic mass is 32.2. The number of nitrogens with zero attached hydrogens (tertiary/aromatic N) is 1. The van der Waals surface area contributed by atoms with E-state index in [4.69, 9.17) is 0 Å². The van der Waals surface area contributed by atoms with Crippen LogP contribution in [0.5, 0.6) is 0 Å². The lowest BCUT2D eigenvalue weighted by Crippen LogP contribution is -2.43. The van der Waals surface area contributed by atoms with E-state index in [0.717, 1.165) is 16.7 Å². The molecule has 5 N–H and O–H groups in total. The molecule has 44 heavy (non-hydrogen) atoms. The average Bonchev–Trinajstić information content (AvgIpc) is 2.97. The van der Waals surface area contributed by atoms with E-state index in [0.29, 0.717) is 27.9 Å². The summed E-state index contributed by atoms with van der Waals surface area (Å²) >= 11 is 0. The van der Waals surface area contributed by atoms with E-state index in [1.807, 2.05) is 39.0 Å². The Morgan fingerprint density at radius 3 is 2.23 bits per heavy atom. The number of carbonyl (C=O) groups is 2. The van der Waals surface area contributed by atoms with Crippen molar-refractivity contribution in [2.45, 2.75) is 52.0 Å². The number of aromatic nitrogens is 2. The van der Waals surface area contributed by atoms with Crippen molar-refractivity contribution in [1.82, 2.24) is 20.0 Å². The highest BCUT2D eigenvalue weighted by Gasteiger charge is 2.30. The SMILES string of the molecule is Cc1c(C)c(C)c(S(=O)(=O)N[C@@H](Cc2nc3ccc(/C=C/CNC(=O)Nc4ccccc4)cc3c(=O)[nH]2)C(=O)O)c(C)c1C. The summed E-state index contributed by atoms with van der Waals surface area (Å²) in [5.74, 6) is -1.38. The van der Waals surface area contributed by atoms with Crippen LogP contribution in [0, 0.1) is 34.6 Å². The van der Waals surface area contributed by atoms with E-state index < -0.39 is 27.6 Å². The highest BCUT2D eigenvalue weighted by Crippen LogP contribution is 2.29. The zero-order valence-electron chi connectivity index (χ0n) is 25.1. The maximum atomic E-state index is 13.4. The predicted molar refractivity (Wildman–Crippen MR) is 170 cm³/mol. The number of carboxylic acids is 1. The number of aromatic amines is 1. The zero-order chi connectivity index (χ0) is 32.2. The maximum Gasteiger partial charge on any atom is 0.322 e. The second-order valence-corrected chi connectivity index (χ2v) is 12.2. The molecule has 11 nitrogen and oxygen atoms in total. The molecule has 1 aromatic heterocycles. The van der Waals surface area contributed by atoms with Gasteiger partial charge in [0.15, 0.2) is 0 Å². The quantitative estimate of drug-likeness (QED) is 0.177. The largest absolute Gasteiger partial charge is 0.480 e. The molecule has 0 aliphatic heterocycles. The fourth-order valence-corrected chi connectivity index (χ4v) is 6.73. The molecular weight excluding hydrogens is 582 g/mol. The number of carbonyl (C=O) groups excluding carboxylic acids is 1. The number of H-pyrrole nitrogens is 1. The molecule has 0 saturated carbocycles. The monoisotopic (exact) mass is 617 g/mol.